The van der Waals surface area contributed by atoms with Crippen LogP contribution in [0.3, 0.4) is 0 Å². The van der Waals surface area contributed by atoms with Gasteiger partial charge in [0.2, 0.25) is 5.91 Å². The molecule has 2 aromatic carbocycles. The molecule has 0 aliphatic carbocycles. The third-order valence-corrected chi connectivity index (χ3v) is 4.23. The van der Waals surface area contributed by atoms with Crippen molar-refractivity contribution < 1.29 is 19.1 Å². The van der Waals surface area contributed by atoms with Crippen LogP contribution in [-0.2, 0) is 28.8 Å². The molecule has 25 heavy (non-hydrogen) atoms. The Morgan fingerprint density at radius 3 is 2.64 bits per heavy atom. The Kier molecular flexibility index (Phi) is 5.33. The summed E-state index contributed by atoms with van der Waals surface area (Å²) in [7, 11) is 1.36. The lowest BCUT2D eigenvalue weighted by Gasteiger charge is -2.07. The second-order valence-electron chi connectivity index (χ2n) is 6.01. The quantitative estimate of drug-likeness (QED) is 0.820. The van der Waals surface area contributed by atoms with Crippen LogP contribution >= 0.6 is 0 Å². The number of benzene rings is 2. The van der Waals surface area contributed by atoms with Crippen LogP contribution < -0.4 is 10.1 Å². The van der Waals surface area contributed by atoms with Crippen molar-refractivity contribution in [3.63, 3.8) is 0 Å². The van der Waals surface area contributed by atoms with E-state index >= 15 is 0 Å². The Labute approximate surface area is 147 Å². The number of nitrogens with one attached hydrogen (secondary N) is 1. The van der Waals surface area contributed by atoms with E-state index in [-0.39, 0.29) is 11.9 Å². The van der Waals surface area contributed by atoms with Crippen LogP contribution in [0.4, 0.5) is 0 Å². The molecule has 0 saturated heterocycles. The number of ether oxygens (including phenoxy) is 2. The predicted molar refractivity (Wildman–Crippen MR) is 93.8 cm³/mol. The summed E-state index contributed by atoms with van der Waals surface area (Å²) in [6.45, 7) is 1.28. The van der Waals surface area contributed by atoms with Gasteiger partial charge in [-0.15, -0.1) is 0 Å². The standard InChI is InChI=1S/C20H21NO4/c1-24-20(23)16-5-2-14(3-6-16)8-10-21-19(22)13-15-4-7-18-17(12-15)9-11-25-18/h2-7,12H,8-11,13H2,1H3,(H,21,22). The van der Waals surface area contributed by atoms with Gasteiger partial charge in [-0.05, 0) is 41.3 Å². The fourth-order valence-corrected chi connectivity index (χ4v) is 2.87. The Hall–Kier alpha value is -2.82. The lowest BCUT2D eigenvalue weighted by molar-refractivity contribution is -0.120. The Morgan fingerprint density at radius 2 is 1.88 bits per heavy atom. The van der Waals surface area contributed by atoms with Crippen LogP contribution in [-0.4, -0.2) is 32.1 Å². The van der Waals surface area contributed by atoms with Crippen LogP contribution in [0, 0.1) is 0 Å². The number of methoxy groups -OCH3 is 1. The van der Waals surface area contributed by atoms with Crippen LogP contribution in [0.5, 0.6) is 5.75 Å². The summed E-state index contributed by atoms with van der Waals surface area (Å²) in [6.07, 6.45) is 1.99. The Morgan fingerprint density at radius 1 is 1.12 bits per heavy atom. The highest BCUT2D eigenvalue weighted by Gasteiger charge is 2.13. The maximum atomic E-state index is 12.1. The molecule has 0 saturated carbocycles. The SMILES string of the molecule is COC(=O)c1ccc(CCNC(=O)Cc2ccc3c(c2)CCO3)cc1. The summed E-state index contributed by atoms with van der Waals surface area (Å²) in [4.78, 5) is 23.5. The molecule has 5 nitrogen and oxygen atoms in total. The first kappa shape index (κ1) is 17.0. The number of hydrogen-bond acceptors (Lipinski definition) is 4. The highest BCUT2D eigenvalue weighted by atomic mass is 16.5. The van der Waals surface area contributed by atoms with Crippen molar-refractivity contribution in [2.24, 2.45) is 0 Å². The highest BCUT2D eigenvalue weighted by molar-refractivity contribution is 5.89. The average Bonchev–Trinajstić information content (AvgIpc) is 3.09. The smallest absolute Gasteiger partial charge is 0.337 e. The number of carbonyl (C=O) groups excluding carboxylic acids is 2. The van der Waals surface area contributed by atoms with Crippen molar-refractivity contribution >= 4 is 11.9 Å². The minimum Gasteiger partial charge on any atom is -0.493 e. The Balaban J connectivity index is 1.45. The van der Waals surface area contributed by atoms with Gasteiger partial charge in [0.25, 0.3) is 0 Å². The van der Waals surface area contributed by atoms with E-state index < -0.39 is 0 Å². The van der Waals surface area contributed by atoms with E-state index in [1.165, 1.54) is 12.7 Å². The molecule has 1 heterocycles. The van der Waals surface area contributed by atoms with Gasteiger partial charge in [0.05, 0.1) is 25.7 Å². The molecule has 0 atom stereocenters. The zero-order valence-electron chi connectivity index (χ0n) is 14.2. The van der Waals surface area contributed by atoms with Crippen LogP contribution in [0.2, 0.25) is 0 Å². The van der Waals surface area contributed by atoms with Gasteiger partial charge in [0.15, 0.2) is 0 Å². The Bertz CT molecular complexity index is 768. The predicted octanol–water partition coefficient (Wildman–Crippen LogP) is 2.31. The number of rotatable bonds is 6. The largest absolute Gasteiger partial charge is 0.493 e. The molecule has 0 radical (unpaired) electrons. The fraction of sp³-hybridized carbons (Fsp3) is 0.300. The molecule has 1 aliphatic rings. The molecule has 1 aliphatic heterocycles. The third kappa shape index (κ3) is 4.38. The highest BCUT2D eigenvalue weighted by Crippen LogP contribution is 2.25. The van der Waals surface area contributed by atoms with Crippen LogP contribution in [0.1, 0.15) is 27.0 Å². The normalized spacial score (nSPS) is 12.2. The van der Waals surface area contributed by atoms with Crippen molar-refractivity contribution in [1.29, 1.82) is 0 Å². The number of hydrogen-bond donors (Lipinski definition) is 1. The number of amides is 1. The van der Waals surface area contributed by atoms with Gasteiger partial charge in [-0.2, -0.15) is 0 Å². The maximum Gasteiger partial charge on any atom is 0.337 e. The molecule has 130 valence electrons. The summed E-state index contributed by atoms with van der Waals surface area (Å²) in [5, 5.41) is 2.93. The molecule has 1 N–H and O–H groups in total. The third-order valence-electron chi connectivity index (χ3n) is 4.23. The molecule has 0 fully saturated rings. The first-order chi connectivity index (χ1) is 12.2. The lowest BCUT2D eigenvalue weighted by Crippen LogP contribution is -2.27. The summed E-state index contributed by atoms with van der Waals surface area (Å²) in [5.74, 6) is 0.587. The van der Waals surface area contributed by atoms with E-state index in [9.17, 15) is 9.59 Å². The number of fused-ring (bicyclic) bond motifs is 1. The van der Waals surface area contributed by atoms with Crippen molar-refractivity contribution in [3.05, 3.63) is 64.7 Å². The van der Waals surface area contributed by atoms with Crippen molar-refractivity contribution in [3.8, 4) is 5.75 Å². The van der Waals surface area contributed by atoms with E-state index in [1.54, 1.807) is 12.1 Å². The van der Waals surface area contributed by atoms with Crippen LogP contribution in [0.25, 0.3) is 0 Å². The summed E-state index contributed by atoms with van der Waals surface area (Å²) in [6, 6.07) is 13.1. The van der Waals surface area contributed by atoms with Gasteiger partial charge < -0.3 is 14.8 Å². The van der Waals surface area contributed by atoms with E-state index in [4.69, 9.17) is 4.74 Å². The molecule has 5 heteroatoms. The zero-order valence-corrected chi connectivity index (χ0v) is 14.2. The van der Waals surface area contributed by atoms with Crippen molar-refractivity contribution in [2.45, 2.75) is 19.3 Å². The summed E-state index contributed by atoms with van der Waals surface area (Å²) in [5.41, 5.74) is 3.76. The van der Waals surface area contributed by atoms with Gasteiger partial charge in [-0.25, -0.2) is 4.79 Å². The number of carbonyl (C=O) groups is 2. The van der Waals surface area contributed by atoms with Crippen molar-refractivity contribution in [1.82, 2.24) is 5.32 Å². The van der Waals surface area contributed by atoms with Gasteiger partial charge in [0.1, 0.15) is 5.75 Å². The minimum absolute atomic E-state index is 0.00467. The summed E-state index contributed by atoms with van der Waals surface area (Å²) < 4.78 is 10.1. The molecule has 3 rings (SSSR count). The molecule has 0 aromatic heterocycles. The molecule has 0 unspecified atom stereocenters. The lowest BCUT2D eigenvalue weighted by atomic mass is 10.1. The second-order valence-corrected chi connectivity index (χ2v) is 6.01. The molecule has 1 amide bonds. The monoisotopic (exact) mass is 339 g/mol. The average molecular weight is 339 g/mol. The van der Waals surface area contributed by atoms with E-state index in [0.29, 0.717) is 24.9 Å². The van der Waals surface area contributed by atoms with E-state index in [2.05, 4.69) is 10.1 Å². The van der Waals surface area contributed by atoms with Gasteiger partial charge in [0, 0.05) is 13.0 Å². The molecule has 0 bridgehead atoms. The van der Waals surface area contributed by atoms with Crippen molar-refractivity contribution in [2.75, 3.05) is 20.3 Å². The minimum atomic E-state index is -0.348. The zero-order chi connectivity index (χ0) is 17.6. The number of esters is 1. The molecule has 0 spiro atoms. The van der Waals surface area contributed by atoms with Gasteiger partial charge >= 0.3 is 5.97 Å². The molecular weight excluding hydrogens is 318 g/mol. The maximum absolute atomic E-state index is 12.1. The van der Waals surface area contributed by atoms with E-state index in [0.717, 1.165) is 29.9 Å². The summed E-state index contributed by atoms with van der Waals surface area (Å²) >= 11 is 0. The van der Waals surface area contributed by atoms with Gasteiger partial charge in [-0.3, -0.25) is 4.79 Å². The molecular formula is C20H21NO4. The van der Waals surface area contributed by atoms with Crippen LogP contribution in [0.15, 0.2) is 42.5 Å². The van der Waals surface area contributed by atoms with Gasteiger partial charge in [-0.1, -0.05) is 24.3 Å². The fourth-order valence-electron chi connectivity index (χ4n) is 2.87. The van der Waals surface area contributed by atoms with E-state index in [1.807, 2.05) is 30.3 Å². The molecule has 2 aromatic rings. The second kappa shape index (κ2) is 7.83. The first-order valence-electron chi connectivity index (χ1n) is 8.34. The topological polar surface area (TPSA) is 64.6 Å². The first-order valence-corrected chi connectivity index (χ1v) is 8.34.